The molecule has 0 atom stereocenters. The Hall–Kier alpha value is -1.98. The molecule has 0 aliphatic carbocycles. The Morgan fingerprint density at radius 1 is 1.39 bits per heavy atom. The van der Waals surface area contributed by atoms with Gasteiger partial charge in [0.2, 0.25) is 0 Å². The summed E-state index contributed by atoms with van der Waals surface area (Å²) in [6.45, 7) is 7.19. The molecule has 6 heteroatoms. The van der Waals surface area contributed by atoms with Crippen molar-refractivity contribution in [1.29, 1.82) is 0 Å². The number of hydrogen-bond donors (Lipinski definition) is 1. The van der Waals surface area contributed by atoms with Crippen LogP contribution in [-0.2, 0) is 0 Å². The van der Waals surface area contributed by atoms with Crippen molar-refractivity contribution < 1.29 is 9.77 Å². The Labute approximate surface area is 107 Å². The van der Waals surface area contributed by atoms with Gasteiger partial charge in [-0.1, -0.05) is 6.07 Å². The zero-order valence-electron chi connectivity index (χ0n) is 11.4. The summed E-state index contributed by atoms with van der Waals surface area (Å²) in [5.41, 5.74) is 3.71. The van der Waals surface area contributed by atoms with Gasteiger partial charge in [0.15, 0.2) is 5.03 Å². The molecule has 0 aliphatic heterocycles. The van der Waals surface area contributed by atoms with E-state index in [9.17, 15) is 10.1 Å². The fourth-order valence-electron chi connectivity index (χ4n) is 1.46. The highest BCUT2D eigenvalue weighted by Gasteiger charge is 2.31. The fraction of sp³-hybridized carbons (Fsp3) is 0.500. The van der Waals surface area contributed by atoms with Gasteiger partial charge < -0.3 is 4.74 Å². The molecule has 0 fully saturated rings. The Morgan fingerprint density at radius 3 is 2.44 bits per heavy atom. The molecule has 18 heavy (non-hydrogen) atoms. The second kappa shape index (κ2) is 5.12. The SMILES string of the molecule is COc1cc(C)ccc1NN([N+](=O)[O-])C(C)(C)C. The van der Waals surface area contributed by atoms with E-state index in [0.29, 0.717) is 11.4 Å². The van der Waals surface area contributed by atoms with E-state index in [1.54, 1.807) is 26.8 Å². The number of nitro groups is 1. The van der Waals surface area contributed by atoms with Gasteiger partial charge in [-0.25, -0.2) is 15.5 Å². The van der Waals surface area contributed by atoms with Gasteiger partial charge in [0.1, 0.15) is 17.0 Å². The van der Waals surface area contributed by atoms with Crippen LogP contribution in [-0.4, -0.2) is 22.8 Å². The Kier molecular flexibility index (Phi) is 4.00. The summed E-state index contributed by atoms with van der Waals surface area (Å²) >= 11 is 0. The van der Waals surface area contributed by atoms with E-state index < -0.39 is 10.6 Å². The minimum atomic E-state index is -0.653. The third-order valence-corrected chi connectivity index (χ3v) is 2.38. The normalized spacial score (nSPS) is 10.9. The van der Waals surface area contributed by atoms with Crippen LogP contribution >= 0.6 is 0 Å². The lowest BCUT2D eigenvalue weighted by molar-refractivity contribution is -0.665. The summed E-state index contributed by atoms with van der Waals surface area (Å²) in [7, 11) is 1.54. The molecule has 0 amide bonds. The molecule has 1 aromatic carbocycles. The molecule has 0 aromatic heterocycles. The van der Waals surface area contributed by atoms with Crippen LogP contribution in [0.15, 0.2) is 18.2 Å². The average molecular weight is 253 g/mol. The number of anilines is 1. The summed E-state index contributed by atoms with van der Waals surface area (Å²) in [6, 6.07) is 5.45. The summed E-state index contributed by atoms with van der Waals surface area (Å²) in [5.74, 6) is 0.575. The molecule has 0 heterocycles. The van der Waals surface area contributed by atoms with Crippen LogP contribution in [0.5, 0.6) is 5.75 Å². The smallest absolute Gasteiger partial charge is 0.181 e. The fourth-order valence-corrected chi connectivity index (χ4v) is 1.46. The molecule has 0 radical (unpaired) electrons. The lowest BCUT2D eigenvalue weighted by Gasteiger charge is -2.28. The van der Waals surface area contributed by atoms with Crippen molar-refractivity contribution in [3.63, 3.8) is 0 Å². The number of nitrogens with one attached hydrogen (secondary N) is 1. The molecule has 0 saturated carbocycles. The number of aryl methyl sites for hydroxylation is 1. The average Bonchev–Trinajstić information content (AvgIpc) is 2.24. The second-order valence-electron chi connectivity index (χ2n) is 5.04. The summed E-state index contributed by atoms with van der Waals surface area (Å²) in [5, 5.41) is 11.5. The van der Waals surface area contributed by atoms with Gasteiger partial charge in [0.05, 0.1) is 7.11 Å². The van der Waals surface area contributed by atoms with E-state index in [4.69, 9.17) is 4.74 Å². The third kappa shape index (κ3) is 3.26. The molecule has 0 aliphatic rings. The minimum absolute atomic E-state index is 0.473. The molecule has 1 rings (SSSR count). The number of hydrazine groups is 2. The van der Waals surface area contributed by atoms with E-state index in [-0.39, 0.29) is 0 Å². The predicted molar refractivity (Wildman–Crippen MR) is 69.9 cm³/mol. The van der Waals surface area contributed by atoms with Crippen LogP contribution in [0.4, 0.5) is 5.69 Å². The van der Waals surface area contributed by atoms with Gasteiger partial charge in [0.25, 0.3) is 0 Å². The molecule has 0 saturated heterocycles. The van der Waals surface area contributed by atoms with Crippen molar-refractivity contribution in [3.8, 4) is 5.75 Å². The van der Waals surface area contributed by atoms with Gasteiger partial charge in [-0.3, -0.25) is 0 Å². The maximum Gasteiger partial charge on any atom is 0.181 e. The zero-order valence-corrected chi connectivity index (χ0v) is 11.4. The Morgan fingerprint density at radius 2 is 2.00 bits per heavy atom. The largest absolute Gasteiger partial charge is 0.495 e. The van der Waals surface area contributed by atoms with Crippen LogP contribution in [0.3, 0.4) is 0 Å². The van der Waals surface area contributed by atoms with Gasteiger partial charge in [-0.2, -0.15) is 0 Å². The second-order valence-corrected chi connectivity index (χ2v) is 5.04. The van der Waals surface area contributed by atoms with Crippen molar-refractivity contribution >= 4 is 5.69 Å². The monoisotopic (exact) mass is 253 g/mol. The van der Waals surface area contributed by atoms with Crippen LogP contribution in [0.25, 0.3) is 0 Å². The summed E-state index contributed by atoms with van der Waals surface area (Å²) < 4.78 is 5.21. The van der Waals surface area contributed by atoms with Crippen molar-refractivity contribution in [3.05, 3.63) is 33.9 Å². The van der Waals surface area contributed by atoms with Crippen molar-refractivity contribution in [2.75, 3.05) is 12.5 Å². The zero-order chi connectivity index (χ0) is 13.9. The Bertz CT molecular complexity index is 441. The van der Waals surface area contributed by atoms with Gasteiger partial charge in [-0.15, -0.1) is 0 Å². The maximum absolute atomic E-state index is 11.0. The molecule has 100 valence electrons. The van der Waals surface area contributed by atoms with Crippen molar-refractivity contribution in [2.45, 2.75) is 33.2 Å². The molecular weight excluding hydrogens is 234 g/mol. The highest BCUT2D eigenvalue weighted by Crippen LogP contribution is 2.27. The molecular formula is C12H19N3O3. The van der Waals surface area contributed by atoms with Gasteiger partial charge in [0, 0.05) is 0 Å². The maximum atomic E-state index is 11.0. The number of nitrogens with zero attached hydrogens (tertiary/aromatic N) is 2. The molecule has 0 spiro atoms. The van der Waals surface area contributed by atoms with E-state index in [0.717, 1.165) is 10.7 Å². The third-order valence-electron chi connectivity index (χ3n) is 2.38. The number of methoxy groups -OCH3 is 1. The number of benzene rings is 1. The number of rotatable bonds is 4. The Balaban J connectivity index is 3.05. The van der Waals surface area contributed by atoms with Crippen LogP contribution < -0.4 is 10.2 Å². The minimum Gasteiger partial charge on any atom is -0.495 e. The van der Waals surface area contributed by atoms with Gasteiger partial charge in [-0.05, 0) is 50.5 Å². The number of ether oxygens (including phenoxy) is 1. The highest BCUT2D eigenvalue weighted by atomic mass is 16.7. The van der Waals surface area contributed by atoms with Gasteiger partial charge >= 0.3 is 0 Å². The molecule has 1 aromatic rings. The van der Waals surface area contributed by atoms with E-state index >= 15 is 0 Å². The molecule has 0 bridgehead atoms. The lowest BCUT2D eigenvalue weighted by Crippen LogP contribution is -2.49. The first-order chi connectivity index (χ1) is 8.25. The van der Waals surface area contributed by atoms with E-state index in [2.05, 4.69) is 5.43 Å². The van der Waals surface area contributed by atoms with Crippen LogP contribution in [0.1, 0.15) is 26.3 Å². The van der Waals surface area contributed by atoms with Crippen LogP contribution in [0.2, 0.25) is 0 Å². The molecule has 1 N–H and O–H groups in total. The quantitative estimate of drug-likeness (QED) is 0.660. The number of hydrogen-bond acceptors (Lipinski definition) is 4. The van der Waals surface area contributed by atoms with Crippen molar-refractivity contribution in [2.24, 2.45) is 0 Å². The van der Waals surface area contributed by atoms with E-state index in [1.807, 2.05) is 19.1 Å². The lowest BCUT2D eigenvalue weighted by atomic mass is 10.1. The summed E-state index contributed by atoms with van der Waals surface area (Å²) in [6.07, 6.45) is 0. The molecule has 0 unspecified atom stereocenters. The first-order valence-electron chi connectivity index (χ1n) is 5.61. The predicted octanol–water partition coefficient (Wildman–Crippen LogP) is 2.62. The first kappa shape index (κ1) is 14.1. The topological polar surface area (TPSA) is 67.6 Å². The summed E-state index contributed by atoms with van der Waals surface area (Å²) in [4.78, 5) is 11.0. The molecule has 6 nitrogen and oxygen atoms in total. The first-order valence-corrected chi connectivity index (χ1v) is 5.61. The van der Waals surface area contributed by atoms with Crippen LogP contribution in [0, 0.1) is 17.0 Å². The van der Waals surface area contributed by atoms with Crippen molar-refractivity contribution in [1.82, 2.24) is 5.12 Å². The standard InChI is InChI=1S/C12H19N3O3/c1-9-6-7-10(11(8-9)18-5)13-14(15(16)17)12(2,3)4/h6-8,13H,1-5H3. The highest BCUT2D eigenvalue weighted by molar-refractivity contribution is 5.56. The van der Waals surface area contributed by atoms with E-state index in [1.165, 1.54) is 7.11 Å².